The first-order chi connectivity index (χ1) is 9.52. The van der Waals surface area contributed by atoms with Crippen LogP contribution in [-0.4, -0.2) is 41.6 Å². The Labute approximate surface area is 120 Å². The van der Waals surface area contributed by atoms with E-state index < -0.39 is 23.7 Å². The van der Waals surface area contributed by atoms with Gasteiger partial charge in [0.1, 0.15) is 17.6 Å². The molecule has 0 aliphatic heterocycles. The molecule has 0 heterocycles. The zero-order chi connectivity index (χ0) is 15.0. The summed E-state index contributed by atoms with van der Waals surface area (Å²) in [6.45, 7) is -0.311. The van der Waals surface area contributed by atoms with Crippen molar-refractivity contribution in [2.75, 3.05) is 18.6 Å². The van der Waals surface area contributed by atoms with Crippen LogP contribution in [0.4, 0.5) is 4.39 Å². The average Bonchev–Trinajstić information content (AvgIpc) is 2.42. The zero-order valence-electron chi connectivity index (χ0n) is 11.0. The van der Waals surface area contributed by atoms with Crippen molar-refractivity contribution >= 4 is 23.6 Å². The van der Waals surface area contributed by atoms with Crippen molar-refractivity contribution in [2.45, 2.75) is 12.5 Å². The van der Waals surface area contributed by atoms with Crippen LogP contribution in [0.2, 0.25) is 0 Å². The third-order valence-corrected chi connectivity index (χ3v) is 3.07. The van der Waals surface area contributed by atoms with Crippen LogP contribution in [0.25, 0.3) is 0 Å². The lowest BCUT2D eigenvalue weighted by Gasteiger charge is -2.14. The second-order valence-electron chi connectivity index (χ2n) is 3.98. The van der Waals surface area contributed by atoms with Crippen LogP contribution < -0.4 is 10.1 Å². The van der Waals surface area contributed by atoms with Gasteiger partial charge in [-0.2, -0.15) is 11.8 Å². The van der Waals surface area contributed by atoms with Gasteiger partial charge >= 0.3 is 5.97 Å². The quantitative estimate of drug-likeness (QED) is 0.761. The minimum absolute atomic E-state index is 0.311. The van der Waals surface area contributed by atoms with Crippen LogP contribution in [0.5, 0.6) is 5.75 Å². The molecule has 1 unspecified atom stereocenters. The molecule has 0 radical (unpaired) electrons. The number of benzene rings is 1. The Hall–Kier alpha value is -1.76. The maximum Gasteiger partial charge on any atom is 0.326 e. The van der Waals surface area contributed by atoms with Crippen molar-refractivity contribution in [3.63, 3.8) is 0 Å². The molecule has 1 rings (SSSR count). The monoisotopic (exact) mass is 301 g/mol. The number of aliphatic carboxylic acids is 1. The first-order valence-electron chi connectivity index (χ1n) is 5.92. The summed E-state index contributed by atoms with van der Waals surface area (Å²) in [5.41, 5.74) is 0. The fraction of sp³-hybridized carbons (Fsp3) is 0.385. The van der Waals surface area contributed by atoms with Crippen molar-refractivity contribution in [3.05, 3.63) is 30.1 Å². The molecule has 1 aromatic rings. The minimum atomic E-state index is -1.07. The Bertz CT molecular complexity index is 452. The highest BCUT2D eigenvalue weighted by atomic mass is 32.2. The molecule has 1 atom stereocenters. The molecule has 0 spiro atoms. The second kappa shape index (κ2) is 8.42. The van der Waals surface area contributed by atoms with Gasteiger partial charge in [0, 0.05) is 0 Å². The molecule has 0 bridgehead atoms. The number of carboxylic acids is 1. The van der Waals surface area contributed by atoms with Crippen molar-refractivity contribution in [3.8, 4) is 5.75 Å². The smallest absolute Gasteiger partial charge is 0.326 e. The van der Waals surface area contributed by atoms with Gasteiger partial charge in [0.25, 0.3) is 5.91 Å². The van der Waals surface area contributed by atoms with Crippen LogP contribution in [0.15, 0.2) is 24.3 Å². The standard InChI is InChI=1S/C13H16FNO4S/c1-20-7-6-11(13(17)18)15-12(16)8-19-10-4-2-9(14)3-5-10/h2-5,11H,6-8H2,1H3,(H,15,16)(H,17,18). The average molecular weight is 301 g/mol. The molecule has 5 nitrogen and oxygen atoms in total. The third kappa shape index (κ3) is 5.92. The van der Waals surface area contributed by atoms with Gasteiger partial charge in [-0.05, 0) is 42.7 Å². The summed E-state index contributed by atoms with van der Waals surface area (Å²) >= 11 is 1.50. The molecule has 0 aromatic heterocycles. The van der Waals surface area contributed by atoms with E-state index in [-0.39, 0.29) is 6.61 Å². The van der Waals surface area contributed by atoms with Crippen molar-refractivity contribution in [1.29, 1.82) is 0 Å². The number of nitrogens with one attached hydrogen (secondary N) is 1. The van der Waals surface area contributed by atoms with E-state index in [0.29, 0.717) is 17.9 Å². The van der Waals surface area contributed by atoms with E-state index in [1.54, 1.807) is 0 Å². The summed E-state index contributed by atoms with van der Waals surface area (Å²) in [7, 11) is 0. The maximum atomic E-state index is 12.7. The van der Waals surface area contributed by atoms with E-state index in [4.69, 9.17) is 9.84 Å². The molecule has 1 aromatic carbocycles. The maximum absolute atomic E-state index is 12.7. The van der Waals surface area contributed by atoms with E-state index >= 15 is 0 Å². The molecule has 110 valence electrons. The predicted octanol–water partition coefficient (Wildman–Crippen LogP) is 1.53. The number of halogens is 1. The van der Waals surface area contributed by atoms with E-state index in [1.807, 2.05) is 6.26 Å². The van der Waals surface area contributed by atoms with Crippen LogP contribution in [0.1, 0.15) is 6.42 Å². The Morgan fingerprint density at radius 1 is 1.40 bits per heavy atom. The number of carbonyl (C=O) groups excluding carboxylic acids is 1. The molecule has 20 heavy (non-hydrogen) atoms. The highest BCUT2D eigenvalue weighted by molar-refractivity contribution is 7.98. The van der Waals surface area contributed by atoms with Gasteiger partial charge in [-0.3, -0.25) is 4.79 Å². The van der Waals surface area contributed by atoms with Crippen molar-refractivity contribution in [1.82, 2.24) is 5.32 Å². The lowest BCUT2D eigenvalue weighted by molar-refractivity contribution is -0.142. The molecule has 2 N–H and O–H groups in total. The summed E-state index contributed by atoms with van der Waals surface area (Å²) in [4.78, 5) is 22.5. The van der Waals surface area contributed by atoms with Crippen LogP contribution in [-0.2, 0) is 9.59 Å². The first-order valence-corrected chi connectivity index (χ1v) is 7.31. The number of rotatable bonds is 8. The molecule has 0 aliphatic rings. The summed E-state index contributed by atoms with van der Waals surface area (Å²) in [6, 6.07) is 4.29. The van der Waals surface area contributed by atoms with E-state index in [9.17, 15) is 14.0 Å². The Morgan fingerprint density at radius 2 is 2.05 bits per heavy atom. The fourth-order valence-electron chi connectivity index (χ4n) is 1.41. The molecule has 0 fully saturated rings. The topological polar surface area (TPSA) is 75.6 Å². The Balaban J connectivity index is 2.41. The Kier molecular flexibility index (Phi) is 6.86. The predicted molar refractivity (Wildman–Crippen MR) is 74.5 cm³/mol. The van der Waals surface area contributed by atoms with Gasteiger partial charge < -0.3 is 15.2 Å². The SMILES string of the molecule is CSCCC(NC(=O)COc1ccc(F)cc1)C(=O)O. The number of carboxylic acid groups (broad SMARTS) is 1. The van der Waals surface area contributed by atoms with E-state index in [1.165, 1.54) is 36.0 Å². The second-order valence-corrected chi connectivity index (χ2v) is 4.97. The van der Waals surface area contributed by atoms with Gasteiger partial charge in [-0.1, -0.05) is 0 Å². The number of amides is 1. The van der Waals surface area contributed by atoms with Crippen molar-refractivity contribution < 1.29 is 23.8 Å². The summed E-state index contributed by atoms with van der Waals surface area (Å²) in [6.07, 6.45) is 2.21. The zero-order valence-corrected chi connectivity index (χ0v) is 11.8. The Morgan fingerprint density at radius 3 is 2.60 bits per heavy atom. The highest BCUT2D eigenvalue weighted by Gasteiger charge is 2.19. The van der Waals surface area contributed by atoms with Gasteiger partial charge in [0.15, 0.2) is 6.61 Å². The number of ether oxygens (including phenoxy) is 1. The van der Waals surface area contributed by atoms with Crippen molar-refractivity contribution in [2.24, 2.45) is 0 Å². The first kappa shape index (κ1) is 16.3. The summed E-state index contributed by atoms with van der Waals surface area (Å²) < 4.78 is 17.8. The normalized spacial score (nSPS) is 11.7. The third-order valence-electron chi connectivity index (χ3n) is 2.43. The van der Waals surface area contributed by atoms with Gasteiger partial charge in [-0.15, -0.1) is 0 Å². The lowest BCUT2D eigenvalue weighted by atomic mass is 10.2. The summed E-state index contributed by atoms with van der Waals surface area (Å²) in [5.74, 6) is -1.02. The number of carbonyl (C=O) groups is 2. The lowest BCUT2D eigenvalue weighted by Crippen LogP contribution is -2.43. The van der Waals surface area contributed by atoms with Crippen LogP contribution >= 0.6 is 11.8 Å². The molecule has 0 saturated carbocycles. The molecule has 1 amide bonds. The van der Waals surface area contributed by atoms with Gasteiger partial charge in [0.05, 0.1) is 0 Å². The summed E-state index contributed by atoms with van der Waals surface area (Å²) in [5, 5.41) is 11.3. The van der Waals surface area contributed by atoms with Gasteiger partial charge in [0.2, 0.25) is 0 Å². The minimum Gasteiger partial charge on any atom is -0.484 e. The number of thioether (sulfide) groups is 1. The fourth-order valence-corrected chi connectivity index (χ4v) is 1.88. The molecular weight excluding hydrogens is 285 g/mol. The molecular formula is C13H16FNO4S. The molecule has 7 heteroatoms. The van der Waals surface area contributed by atoms with Gasteiger partial charge in [-0.25, -0.2) is 9.18 Å². The van der Waals surface area contributed by atoms with Crippen LogP contribution in [0.3, 0.4) is 0 Å². The number of hydrogen-bond acceptors (Lipinski definition) is 4. The van der Waals surface area contributed by atoms with E-state index in [0.717, 1.165) is 0 Å². The van der Waals surface area contributed by atoms with Crippen LogP contribution in [0, 0.1) is 5.82 Å². The molecule has 0 saturated heterocycles. The largest absolute Gasteiger partial charge is 0.484 e. The number of hydrogen-bond donors (Lipinski definition) is 2. The highest BCUT2D eigenvalue weighted by Crippen LogP contribution is 2.10. The van der Waals surface area contributed by atoms with E-state index in [2.05, 4.69) is 5.32 Å². The molecule has 0 aliphatic carbocycles.